The monoisotopic (exact) mass is 532 g/mol. The third kappa shape index (κ3) is 6.45. The van der Waals surface area contributed by atoms with Crippen LogP contribution in [0.3, 0.4) is 0 Å². The van der Waals surface area contributed by atoms with Crippen LogP contribution in [0.1, 0.15) is 43.4 Å². The van der Waals surface area contributed by atoms with Crippen LogP contribution < -0.4 is 9.04 Å². The van der Waals surface area contributed by atoms with Gasteiger partial charge in [0, 0.05) is 12.1 Å². The van der Waals surface area contributed by atoms with Gasteiger partial charge in [0.25, 0.3) is 10.0 Å². The van der Waals surface area contributed by atoms with Crippen molar-refractivity contribution in [1.82, 2.24) is 4.90 Å². The van der Waals surface area contributed by atoms with Gasteiger partial charge in [0.05, 0.1) is 28.8 Å². The van der Waals surface area contributed by atoms with E-state index in [1.807, 2.05) is 24.3 Å². The molecule has 0 bridgehead atoms. The molecule has 1 aliphatic heterocycles. The lowest BCUT2D eigenvalue weighted by molar-refractivity contribution is -0.137. The molecule has 5 nitrogen and oxygen atoms in total. The lowest BCUT2D eigenvalue weighted by Gasteiger charge is -2.32. The van der Waals surface area contributed by atoms with Crippen LogP contribution in [0.4, 0.5) is 18.9 Å². The Labute approximate surface area is 216 Å². The van der Waals surface area contributed by atoms with E-state index >= 15 is 0 Å². The molecule has 198 valence electrons. The highest BCUT2D eigenvalue weighted by Gasteiger charge is 2.34. The summed E-state index contributed by atoms with van der Waals surface area (Å²) in [4.78, 5) is 2.19. The first kappa shape index (κ1) is 27.0. The van der Waals surface area contributed by atoms with Gasteiger partial charge in [-0.25, -0.2) is 8.42 Å². The largest absolute Gasteiger partial charge is 0.493 e. The molecule has 0 amide bonds. The molecular weight excluding hydrogens is 501 g/mol. The Morgan fingerprint density at radius 1 is 0.919 bits per heavy atom. The second kappa shape index (κ2) is 11.6. The first-order valence-corrected chi connectivity index (χ1v) is 13.8. The van der Waals surface area contributed by atoms with E-state index < -0.39 is 27.8 Å². The van der Waals surface area contributed by atoms with Crippen molar-refractivity contribution >= 4 is 15.7 Å². The summed E-state index contributed by atoms with van der Waals surface area (Å²) in [6, 6.07) is 18.7. The van der Waals surface area contributed by atoms with Crippen LogP contribution in [0, 0.1) is 0 Å². The summed E-state index contributed by atoms with van der Waals surface area (Å²) < 4.78 is 74.2. The van der Waals surface area contributed by atoms with Crippen molar-refractivity contribution in [2.24, 2.45) is 0 Å². The molecule has 0 saturated carbocycles. The zero-order chi connectivity index (χ0) is 26.5. The molecule has 37 heavy (non-hydrogen) atoms. The van der Waals surface area contributed by atoms with Crippen LogP contribution in [-0.4, -0.2) is 39.6 Å². The maximum atomic E-state index is 13.8. The first-order valence-electron chi connectivity index (χ1n) is 12.4. The molecular formula is C28H31F3N2O3S. The number of benzene rings is 3. The third-order valence-electron chi connectivity index (χ3n) is 6.54. The Kier molecular flexibility index (Phi) is 8.44. The summed E-state index contributed by atoms with van der Waals surface area (Å²) in [5, 5.41) is 0. The number of alkyl halides is 3. The fourth-order valence-corrected chi connectivity index (χ4v) is 6.27. The van der Waals surface area contributed by atoms with Gasteiger partial charge in [-0.1, -0.05) is 36.4 Å². The van der Waals surface area contributed by atoms with Crippen LogP contribution in [0.2, 0.25) is 0 Å². The normalized spacial score (nSPS) is 15.5. The summed E-state index contributed by atoms with van der Waals surface area (Å²) in [5.74, 6) is 0.583. The van der Waals surface area contributed by atoms with Gasteiger partial charge in [-0.3, -0.25) is 4.31 Å². The molecule has 0 spiro atoms. The van der Waals surface area contributed by atoms with Crippen LogP contribution in [0.15, 0.2) is 83.8 Å². The lowest BCUT2D eigenvalue weighted by Crippen LogP contribution is -2.34. The predicted molar refractivity (Wildman–Crippen MR) is 138 cm³/mol. The summed E-state index contributed by atoms with van der Waals surface area (Å²) in [7, 11) is -4.21. The van der Waals surface area contributed by atoms with Crippen molar-refractivity contribution in [3.8, 4) is 5.75 Å². The minimum Gasteiger partial charge on any atom is -0.493 e. The third-order valence-corrected chi connectivity index (χ3v) is 8.46. The maximum Gasteiger partial charge on any atom is 0.416 e. The smallest absolute Gasteiger partial charge is 0.416 e. The molecule has 0 N–H and O–H groups in total. The molecule has 3 aromatic carbocycles. The Balaban J connectivity index is 1.62. The Hall–Kier alpha value is -3.04. The number of halogens is 3. The Morgan fingerprint density at radius 3 is 2.19 bits per heavy atom. The molecule has 1 aliphatic rings. The highest BCUT2D eigenvalue weighted by atomic mass is 32.2. The summed E-state index contributed by atoms with van der Waals surface area (Å²) in [6.45, 7) is 5.43. The van der Waals surface area contributed by atoms with E-state index in [4.69, 9.17) is 4.74 Å². The number of rotatable bonds is 10. The van der Waals surface area contributed by atoms with Gasteiger partial charge < -0.3 is 9.64 Å². The van der Waals surface area contributed by atoms with Gasteiger partial charge in [-0.2, -0.15) is 13.2 Å². The quantitative estimate of drug-likeness (QED) is 0.279. The second-order valence-corrected chi connectivity index (χ2v) is 10.9. The Morgan fingerprint density at radius 2 is 1.54 bits per heavy atom. The molecule has 1 heterocycles. The molecule has 1 saturated heterocycles. The van der Waals surface area contributed by atoms with Crippen LogP contribution in [-0.2, 0) is 16.2 Å². The fourth-order valence-electron chi connectivity index (χ4n) is 4.63. The number of hydrogen-bond donors (Lipinski definition) is 0. The predicted octanol–water partition coefficient (Wildman–Crippen LogP) is 6.53. The lowest BCUT2D eigenvalue weighted by atomic mass is 10.1. The van der Waals surface area contributed by atoms with Crippen LogP contribution in [0.5, 0.6) is 5.75 Å². The molecule has 3 aromatic rings. The number of likely N-dealkylation sites (tertiary alicyclic amines) is 1. The van der Waals surface area contributed by atoms with Gasteiger partial charge in [0.1, 0.15) is 5.75 Å². The number of nitrogens with zero attached hydrogens (tertiary/aromatic N) is 2. The van der Waals surface area contributed by atoms with Crippen LogP contribution >= 0.6 is 0 Å². The average Bonchev–Trinajstić information content (AvgIpc) is 3.41. The highest BCUT2D eigenvalue weighted by Crippen LogP contribution is 2.37. The van der Waals surface area contributed by atoms with E-state index in [0.717, 1.165) is 50.3 Å². The number of para-hydroxylation sites is 2. The molecule has 1 fully saturated rings. The van der Waals surface area contributed by atoms with Crippen molar-refractivity contribution in [2.75, 3.05) is 30.5 Å². The highest BCUT2D eigenvalue weighted by molar-refractivity contribution is 7.92. The number of anilines is 1. The topological polar surface area (TPSA) is 49.9 Å². The average molecular weight is 533 g/mol. The van der Waals surface area contributed by atoms with Crippen molar-refractivity contribution in [3.63, 3.8) is 0 Å². The van der Waals surface area contributed by atoms with E-state index in [1.54, 1.807) is 37.3 Å². The van der Waals surface area contributed by atoms with Gasteiger partial charge in [0.15, 0.2) is 0 Å². The van der Waals surface area contributed by atoms with Crippen LogP contribution in [0.25, 0.3) is 0 Å². The fraction of sp³-hybridized carbons (Fsp3) is 0.357. The SMILES string of the molecule is CC(c1ccccc1OCCCN1CCCC1)N(c1ccccc1)S(=O)(=O)c1ccc(C(F)(F)F)cc1. The van der Waals surface area contributed by atoms with Crippen molar-refractivity contribution in [1.29, 1.82) is 0 Å². The molecule has 4 rings (SSSR count). The number of ether oxygens (including phenoxy) is 1. The van der Waals surface area contributed by atoms with Gasteiger partial charge in [0.2, 0.25) is 0 Å². The number of sulfonamides is 1. The molecule has 0 aromatic heterocycles. The second-order valence-electron chi connectivity index (χ2n) is 9.12. The zero-order valence-corrected chi connectivity index (χ0v) is 21.5. The van der Waals surface area contributed by atoms with E-state index in [0.29, 0.717) is 23.6 Å². The standard InChI is InChI=1S/C28H31F3N2O3S/c1-22(26-12-5-6-13-27(26)36-21-9-20-32-18-7-8-19-32)33(24-10-3-2-4-11-24)37(34,35)25-16-14-23(15-17-25)28(29,30)31/h2-6,10-17,22H,7-9,18-21H2,1H3. The molecule has 1 unspecified atom stereocenters. The molecule has 0 aliphatic carbocycles. The van der Waals surface area contributed by atoms with Crippen molar-refractivity contribution in [3.05, 3.63) is 90.0 Å². The van der Waals surface area contributed by atoms with Crippen molar-refractivity contribution < 1.29 is 26.3 Å². The minimum absolute atomic E-state index is 0.222. The van der Waals surface area contributed by atoms with Crippen molar-refractivity contribution in [2.45, 2.75) is 43.3 Å². The molecule has 9 heteroatoms. The summed E-state index contributed by atoms with van der Waals surface area (Å²) >= 11 is 0. The van der Waals surface area contributed by atoms with Gasteiger partial charge >= 0.3 is 6.18 Å². The summed E-state index contributed by atoms with van der Waals surface area (Å²) in [6.07, 6.45) is -1.25. The van der Waals surface area contributed by atoms with Gasteiger partial charge in [-0.05, 0) is 81.7 Å². The Bertz CT molecular complexity index is 1260. The van der Waals surface area contributed by atoms with E-state index in [2.05, 4.69) is 4.90 Å². The van der Waals surface area contributed by atoms with Gasteiger partial charge in [-0.15, -0.1) is 0 Å². The number of hydrogen-bond acceptors (Lipinski definition) is 4. The maximum absolute atomic E-state index is 13.8. The van der Waals surface area contributed by atoms with E-state index in [9.17, 15) is 21.6 Å². The van der Waals surface area contributed by atoms with E-state index in [-0.39, 0.29) is 4.90 Å². The molecule has 0 radical (unpaired) electrons. The minimum atomic E-state index is -4.56. The first-order chi connectivity index (χ1) is 17.7. The zero-order valence-electron chi connectivity index (χ0n) is 20.7. The molecule has 1 atom stereocenters. The summed E-state index contributed by atoms with van der Waals surface area (Å²) in [5.41, 5.74) is 0.167. The van der Waals surface area contributed by atoms with E-state index in [1.165, 1.54) is 17.1 Å².